The minimum atomic E-state index is -0.429. The number of nitrogens with zero attached hydrogens (tertiary/aromatic N) is 2. The van der Waals surface area contributed by atoms with Crippen LogP contribution >= 0.6 is 0 Å². The van der Waals surface area contributed by atoms with Crippen molar-refractivity contribution in [2.75, 3.05) is 13.7 Å². The minimum Gasteiger partial charge on any atom is -0.493 e. The molecule has 0 unspecified atom stereocenters. The average molecular weight is 315 g/mol. The lowest BCUT2D eigenvalue weighted by Crippen LogP contribution is -2.05. The van der Waals surface area contributed by atoms with Crippen LogP contribution in [0.25, 0.3) is 0 Å². The number of benzene rings is 1. The summed E-state index contributed by atoms with van der Waals surface area (Å²) >= 11 is 0. The zero-order valence-electron chi connectivity index (χ0n) is 12.9. The molecule has 2 rings (SSSR count). The number of pyridine rings is 1. The molecular weight excluding hydrogens is 298 g/mol. The molecule has 1 aromatic heterocycles. The lowest BCUT2D eigenvalue weighted by molar-refractivity contribution is 0.0526. The standard InChI is InChI=1S/C16H17N3O4/c1-3-22-16(20)12-6-7-18-15(9-12)23-13-5-4-11(10-19-17)8-14(13)21-2/h4-10H,3,17H2,1-2H3. The molecule has 120 valence electrons. The van der Waals surface area contributed by atoms with Crippen LogP contribution in [0.4, 0.5) is 0 Å². The van der Waals surface area contributed by atoms with Gasteiger partial charge in [-0.15, -0.1) is 0 Å². The first-order valence-electron chi connectivity index (χ1n) is 6.90. The maximum absolute atomic E-state index is 11.7. The monoisotopic (exact) mass is 315 g/mol. The molecule has 0 aliphatic carbocycles. The van der Waals surface area contributed by atoms with Crippen molar-refractivity contribution >= 4 is 12.2 Å². The molecule has 0 radical (unpaired) electrons. The van der Waals surface area contributed by atoms with Crippen LogP contribution in [-0.2, 0) is 4.74 Å². The van der Waals surface area contributed by atoms with Gasteiger partial charge in [0.1, 0.15) is 0 Å². The Hall–Kier alpha value is -3.09. The van der Waals surface area contributed by atoms with Gasteiger partial charge in [0.25, 0.3) is 0 Å². The number of hydrazone groups is 1. The van der Waals surface area contributed by atoms with E-state index in [0.717, 1.165) is 5.56 Å². The van der Waals surface area contributed by atoms with Crippen LogP contribution in [0.2, 0.25) is 0 Å². The highest BCUT2D eigenvalue weighted by Crippen LogP contribution is 2.31. The van der Waals surface area contributed by atoms with Crippen LogP contribution in [-0.4, -0.2) is 30.9 Å². The Kier molecular flexibility index (Phi) is 5.51. The first-order valence-corrected chi connectivity index (χ1v) is 6.90. The van der Waals surface area contributed by atoms with Crippen molar-refractivity contribution < 1.29 is 19.0 Å². The van der Waals surface area contributed by atoms with E-state index >= 15 is 0 Å². The van der Waals surface area contributed by atoms with Gasteiger partial charge < -0.3 is 20.1 Å². The second-order valence-corrected chi connectivity index (χ2v) is 4.39. The first kappa shape index (κ1) is 16.3. The summed E-state index contributed by atoms with van der Waals surface area (Å²) in [7, 11) is 1.52. The number of ether oxygens (including phenoxy) is 3. The van der Waals surface area contributed by atoms with Crippen LogP contribution < -0.4 is 15.3 Å². The summed E-state index contributed by atoms with van der Waals surface area (Å²) in [5.41, 5.74) is 1.13. The third-order valence-electron chi connectivity index (χ3n) is 2.87. The number of rotatable bonds is 6. The Morgan fingerprint density at radius 2 is 2.13 bits per heavy atom. The fourth-order valence-corrected chi connectivity index (χ4v) is 1.85. The Labute approximate surface area is 133 Å². The summed E-state index contributed by atoms with van der Waals surface area (Å²) in [6, 6.07) is 8.26. The van der Waals surface area contributed by atoms with Crippen molar-refractivity contribution in [1.82, 2.24) is 4.98 Å². The van der Waals surface area contributed by atoms with E-state index in [1.807, 2.05) is 0 Å². The predicted octanol–water partition coefficient (Wildman–Crippen LogP) is 2.35. The molecule has 0 atom stereocenters. The number of methoxy groups -OCH3 is 1. The second kappa shape index (κ2) is 7.79. The maximum atomic E-state index is 11.7. The van der Waals surface area contributed by atoms with E-state index in [1.165, 1.54) is 25.6 Å². The van der Waals surface area contributed by atoms with Gasteiger partial charge in [-0.1, -0.05) is 0 Å². The third kappa shape index (κ3) is 4.19. The van der Waals surface area contributed by atoms with Gasteiger partial charge in [0, 0.05) is 12.3 Å². The quantitative estimate of drug-likeness (QED) is 0.380. The van der Waals surface area contributed by atoms with E-state index in [1.54, 1.807) is 31.2 Å². The highest BCUT2D eigenvalue weighted by atomic mass is 16.5. The number of hydrogen-bond acceptors (Lipinski definition) is 7. The van der Waals surface area contributed by atoms with Crippen molar-refractivity contribution in [2.45, 2.75) is 6.92 Å². The maximum Gasteiger partial charge on any atom is 0.338 e. The fraction of sp³-hybridized carbons (Fsp3) is 0.188. The van der Waals surface area contributed by atoms with Gasteiger partial charge in [-0.2, -0.15) is 5.10 Å². The van der Waals surface area contributed by atoms with Crippen molar-refractivity contribution in [3.05, 3.63) is 47.7 Å². The normalized spacial score (nSPS) is 10.5. The van der Waals surface area contributed by atoms with Gasteiger partial charge >= 0.3 is 5.97 Å². The third-order valence-corrected chi connectivity index (χ3v) is 2.87. The van der Waals surface area contributed by atoms with Crippen LogP contribution in [0.1, 0.15) is 22.8 Å². The molecule has 0 bridgehead atoms. The van der Waals surface area contributed by atoms with E-state index in [9.17, 15) is 4.79 Å². The molecule has 2 N–H and O–H groups in total. The van der Waals surface area contributed by atoms with E-state index in [2.05, 4.69) is 10.1 Å². The predicted molar refractivity (Wildman–Crippen MR) is 85.0 cm³/mol. The zero-order valence-corrected chi connectivity index (χ0v) is 12.9. The van der Waals surface area contributed by atoms with Crippen molar-refractivity contribution in [3.8, 4) is 17.4 Å². The molecular formula is C16H17N3O4. The van der Waals surface area contributed by atoms with Gasteiger partial charge in [0.05, 0.1) is 25.5 Å². The Morgan fingerprint density at radius 1 is 1.30 bits per heavy atom. The van der Waals surface area contributed by atoms with Crippen LogP contribution in [0.15, 0.2) is 41.6 Å². The largest absolute Gasteiger partial charge is 0.493 e. The van der Waals surface area contributed by atoms with Gasteiger partial charge in [-0.05, 0) is 36.8 Å². The molecule has 1 heterocycles. The van der Waals surface area contributed by atoms with E-state index in [0.29, 0.717) is 23.7 Å². The lowest BCUT2D eigenvalue weighted by Gasteiger charge is -2.10. The summed E-state index contributed by atoms with van der Waals surface area (Å²) in [4.78, 5) is 15.8. The van der Waals surface area contributed by atoms with Crippen LogP contribution in [0.3, 0.4) is 0 Å². The first-order chi connectivity index (χ1) is 11.2. The zero-order chi connectivity index (χ0) is 16.7. The molecule has 7 nitrogen and oxygen atoms in total. The van der Waals surface area contributed by atoms with Crippen LogP contribution in [0.5, 0.6) is 17.4 Å². The molecule has 0 saturated heterocycles. The van der Waals surface area contributed by atoms with Crippen molar-refractivity contribution in [2.24, 2.45) is 10.9 Å². The minimum absolute atomic E-state index is 0.258. The highest BCUT2D eigenvalue weighted by Gasteiger charge is 2.11. The molecule has 0 aliphatic rings. The Morgan fingerprint density at radius 3 is 2.83 bits per heavy atom. The molecule has 0 saturated carbocycles. The van der Waals surface area contributed by atoms with E-state index in [-0.39, 0.29) is 5.88 Å². The van der Waals surface area contributed by atoms with Gasteiger partial charge in [-0.25, -0.2) is 9.78 Å². The summed E-state index contributed by atoms with van der Waals surface area (Å²) < 4.78 is 15.9. The molecule has 0 spiro atoms. The van der Waals surface area contributed by atoms with E-state index < -0.39 is 5.97 Å². The molecule has 2 aromatic rings. The number of aromatic nitrogens is 1. The SMILES string of the molecule is CCOC(=O)c1ccnc(Oc2ccc(C=NN)cc2OC)c1. The number of carbonyl (C=O) groups excluding carboxylic acids is 1. The molecule has 1 aromatic carbocycles. The van der Waals surface area contributed by atoms with Crippen LogP contribution in [0, 0.1) is 0 Å². The molecule has 0 aliphatic heterocycles. The number of esters is 1. The van der Waals surface area contributed by atoms with Gasteiger partial charge in [0.2, 0.25) is 5.88 Å². The van der Waals surface area contributed by atoms with Gasteiger partial charge in [-0.3, -0.25) is 0 Å². The van der Waals surface area contributed by atoms with Crippen molar-refractivity contribution in [1.29, 1.82) is 0 Å². The summed E-state index contributed by atoms with van der Waals surface area (Å²) in [5, 5.41) is 3.46. The smallest absolute Gasteiger partial charge is 0.338 e. The summed E-state index contributed by atoms with van der Waals surface area (Å²) in [6.45, 7) is 2.04. The average Bonchev–Trinajstić information content (AvgIpc) is 2.57. The van der Waals surface area contributed by atoms with Crippen molar-refractivity contribution in [3.63, 3.8) is 0 Å². The number of nitrogens with two attached hydrogens (primary N) is 1. The summed E-state index contributed by atoms with van der Waals surface area (Å²) in [5.74, 6) is 5.90. The number of hydrogen-bond donors (Lipinski definition) is 1. The Balaban J connectivity index is 2.25. The molecule has 0 fully saturated rings. The molecule has 7 heteroatoms. The fourth-order valence-electron chi connectivity index (χ4n) is 1.85. The lowest BCUT2D eigenvalue weighted by atomic mass is 10.2. The topological polar surface area (TPSA) is 96.0 Å². The van der Waals surface area contributed by atoms with Gasteiger partial charge in [0.15, 0.2) is 11.5 Å². The second-order valence-electron chi connectivity index (χ2n) is 4.39. The highest BCUT2D eigenvalue weighted by molar-refractivity contribution is 5.89. The Bertz CT molecular complexity index is 716. The van der Waals surface area contributed by atoms with E-state index in [4.69, 9.17) is 20.1 Å². The molecule has 0 amide bonds. The number of carbonyl (C=O) groups is 1. The molecule has 23 heavy (non-hydrogen) atoms. The summed E-state index contributed by atoms with van der Waals surface area (Å²) in [6.07, 6.45) is 2.97.